The van der Waals surface area contributed by atoms with Crippen molar-refractivity contribution in [3.05, 3.63) is 17.5 Å². The number of aromatic nitrogens is 1. The van der Waals surface area contributed by atoms with Crippen molar-refractivity contribution in [2.75, 3.05) is 19.8 Å². The minimum absolute atomic E-state index is 0.00572. The molecule has 18 heavy (non-hydrogen) atoms. The van der Waals surface area contributed by atoms with Gasteiger partial charge in [-0.05, 0) is 32.1 Å². The van der Waals surface area contributed by atoms with Gasteiger partial charge in [-0.15, -0.1) is 0 Å². The fourth-order valence-corrected chi connectivity index (χ4v) is 2.15. The number of hydrogen-bond donors (Lipinski definition) is 1. The fourth-order valence-electron chi connectivity index (χ4n) is 2.15. The molecule has 0 radical (unpaired) electrons. The summed E-state index contributed by atoms with van der Waals surface area (Å²) in [6.45, 7) is 4.34. The summed E-state index contributed by atoms with van der Waals surface area (Å²) in [6, 6.07) is 1.79. The number of aryl methyl sites for hydroxylation is 1. The topological polar surface area (TPSA) is 64.4 Å². The highest BCUT2D eigenvalue weighted by Crippen LogP contribution is 2.17. The molecule has 5 nitrogen and oxygen atoms in total. The standard InChI is InChI=1S/C13H20N2O3/c1-10-7-12(18-15-10)8-13(16)14-5-2-3-11-4-6-17-9-11/h7,11H,2-6,8-9H2,1H3,(H,14,16)/t11-/m1/s1. The van der Waals surface area contributed by atoms with E-state index in [4.69, 9.17) is 9.26 Å². The van der Waals surface area contributed by atoms with Crippen LogP contribution >= 0.6 is 0 Å². The molecule has 1 aliphatic rings. The third-order valence-corrected chi connectivity index (χ3v) is 3.15. The van der Waals surface area contributed by atoms with Crippen LogP contribution in [0.4, 0.5) is 0 Å². The molecule has 0 unspecified atom stereocenters. The van der Waals surface area contributed by atoms with E-state index in [9.17, 15) is 4.79 Å². The molecule has 1 fully saturated rings. The van der Waals surface area contributed by atoms with Gasteiger partial charge in [-0.25, -0.2) is 0 Å². The van der Waals surface area contributed by atoms with Crippen LogP contribution in [0.15, 0.2) is 10.6 Å². The van der Waals surface area contributed by atoms with Gasteiger partial charge in [0.25, 0.3) is 0 Å². The van der Waals surface area contributed by atoms with Gasteiger partial charge in [0.1, 0.15) is 5.76 Å². The molecule has 1 aliphatic heterocycles. The second kappa shape index (κ2) is 6.54. The lowest BCUT2D eigenvalue weighted by molar-refractivity contribution is -0.120. The zero-order valence-corrected chi connectivity index (χ0v) is 10.8. The van der Waals surface area contributed by atoms with Gasteiger partial charge in [0.2, 0.25) is 5.91 Å². The van der Waals surface area contributed by atoms with Crippen LogP contribution in [0, 0.1) is 12.8 Å². The number of hydrogen-bond acceptors (Lipinski definition) is 4. The average Bonchev–Trinajstić information content (AvgIpc) is 2.96. The first kappa shape index (κ1) is 13.1. The van der Waals surface area contributed by atoms with Gasteiger partial charge in [-0.3, -0.25) is 4.79 Å². The first-order valence-corrected chi connectivity index (χ1v) is 6.50. The second-order valence-corrected chi connectivity index (χ2v) is 4.83. The quantitative estimate of drug-likeness (QED) is 0.778. The third kappa shape index (κ3) is 4.14. The Bertz CT molecular complexity index is 383. The zero-order chi connectivity index (χ0) is 12.8. The molecular formula is C13H20N2O3. The maximum absolute atomic E-state index is 11.6. The van der Waals surface area contributed by atoms with Gasteiger partial charge in [0.15, 0.2) is 0 Å². The molecule has 2 heterocycles. The van der Waals surface area contributed by atoms with Gasteiger partial charge in [0, 0.05) is 25.8 Å². The first-order valence-electron chi connectivity index (χ1n) is 6.50. The Labute approximate surface area is 107 Å². The van der Waals surface area contributed by atoms with Gasteiger partial charge in [0.05, 0.1) is 12.1 Å². The maximum atomic E-state index is 11.6. The summed E-state index contributed by atoms with van der Waals surface area (Å²) in [5.74, 6) is 1.29. The number of amides is 1. The van der Waals surface area contributed by atoms with Crippen molar-refractivity contribution in [2.24, 2.45) is 5.92 Å². The summed E-state index contributed by atoms with van der Waals surface area (Å²) >= 11 is 0. The van der Waals surface area contributed by atoms with E-state index in [1.165, 1.54) is 0 Å². The van der Waals surface area contributed by atoms with E-state index in [1.54, 1.807) is 6.07 Å². The molecule has 0 bridgehead atoms. The number of nitrogens with one attached hydrogen (secondary N) is 1. The minimum Gasteiger partial charge on any atom is -0.381 e. The van der Waals surface area contributed by atoms with Gasteiger partial charge in [-0.2, -0.15) is 0 Å². The van der Waals surface area contributed by atoms with Crippen molar-refractivity contribution in [1.29, 1.82) is 0 Å². The van der Waals surface area contributed by atoms with Crippen LogP contribution in [0.5, 0.6) is 0 Å². The Balaban J connectivity index is 1.57. The Morgan fingerprint density at radius 3 is 3.17 bits per heavy atom. The zero-order valence-electron chi connectivity index (χ0n) is 10.8. The Kier molecular flexibility index (Phi) is 4.75. The molecule has 0 saturated carbocycles. The van der Waals surface area contributed by atoms with Crippen LogP contribution < -0.4 is 5.32 Å². The number of carbonyl (C=O) groups excluding carboxylic acids is 1. The minimum atomic E-state index is -0.00572. The van der Waals surface area contributed by atoms with Crippen LogP contribution in [0.3, 0.4) is 0 Å². The molecule has 1 N–H and O–H groups in total. The SMILES string of the molecule is Cc1cc(CC(=O)NCCC[C@@H]2CCOC2)on1. The van der Waals surface area contributed by atoms with Gasteiger partial charge < -0.3 is 14.6 Å². The van der Waals surface area contributed by atoms with Crippen LogP contribution in [0.25, 0.3) is 0 Å². The maximum Gasteiger partial charge on any atom is 0.227 e. The van der Waals surface area contributed by atoms with Crippen molar-refractivity contribution in [2.45, 2.75) is 32.6 Å². The molecule has 0 spiro atoms. The summed E-state index contributed by atoms with van der Waals surface area (Å²) in [5, 5.41) is 6.65. The molecule has 0 aromatic carbocycles. The molecule has 1 amide bonds. The molecule has 1 atom stereocenters. The molecule has 100 valence electrons. The Morgan fingerprint density at radius 2 is 2.50 bits per heavy atom. The van der Waals surface area contributed by atoms with E-state index in [-0.39, 0.29) is 12.3 Å². The van der Waals surface area contributed by atoms with Crippen LogP contribution in [-0.4, -0.2) is 30.8 Å². The lowest BCUT2D eigenvalue weighted by Crippen LogP contribution is -2.26. The van der Waals surface area contributed by atoms with Crippen molar-refractivity contribution in [1.82, 2.24) is 10.5 Å². The predicted octanol–water partition coefficient (Wildman–Crippen LogP) is 1.46. The Hall–Kier alpha value is -1.36. The molecule has 1 saturated heterocycles. The lowest BCUT2D eigenvalue weighted by atomic mass is 10.0. The van der Waals surface area contributed by atoms with Crippen molar-refractivity contribution in [3.63, 3.8) is 0 Å². The number of nitrogens with zero attached hydrogens (tertiary/aromatic N) is 1. The molecule has 1 aromatic rings. The van der Waals surface area contributed by atoms with E-state index in [1.807, 2.05) is 6.92 Å². The summed E-state index contributed by atoms with van der Waals surface area (Å²) in [4.78, 5) is 11.6. The molecule has 0 aliphatic carbocycles. The normalized spacial score (nSPS) is 19.1. The predicted molar refractivity (Wildman–Crippen MR) is 66.1 cm³/mol. The van der Waals surface area contributed by atoms with E-state index < -0.39 is 0 Å². The van der Waals surface area contributed by atoms with Crippen LogP contribution in [0.1, 0.15) is 30.7 Å². The van der Waals surface area contributed by atoms with Crippen LogP contribution in [-0.2, 0) is 16.0 Å². The highest BCUT2D eigenvalue weighted by Gasteiger charge is 2.15. The monoisotopic (exact) mass is 252 g/mol. The van der Waals surface area contributed by atoms with E-state index in [0.29, 0.717) is 11.7 Å². The third-order valence-electron chi connectivity index (χ3n) is 3.15. The molecular weight excluding hydrogens is 232 g/mol. The summed E-state index contributed by atoms with van der Waals surface area (Å²) in [6.07, 6.45) is 3.57. The van der Waals surface area contributed by atoms with Crippen LogP contribution in [0.2, 0.25) is 0 Å². The summed E-state index contributed by atoms with van der Waals surface area (Å²) in [5.41, 5.74) is 0.805. The van der Waals surface area contributed by atoms with E-state index in [0.717, 1.165) is 44.7 Å². The molecule has 2 rings (SSSR count). The smallest absolute Gasteiger partial charge is 0.227 e. The largest absolute Gasteiger partial charge is 0.381 e. The van der Waals surface area contributed by atoms with Crippen molar-refractivity contribution in [3.8, 4) is 0 Å². The average molecular weight is 252 g/mol. The fraction of sp³-hybridized carbons (Fsp3) is 0.692. The second-order valence-electron chi connectivity index (χ2n) is 4.83. The Morgan fingerprint density at radius 1 is 1.61 bits per heavy atom. The van der Waals surface area contributed by atoms with Gasteiger partial charge >= 0.3 is 0 Å². The van der Waals surface area contributed by atoms with Crippen molar-refractivity contribution >= 4 is 5.91 Å². The number of carbonyl (C=O) groups is 1. The van der Waals surface area contributed by atoms with E-state index >= 15 is 0 Å². The summed E-state index contributed by atoms with van der Waals surface area (Å²) in [7, 11) is 0. The molecule has 5 heteroatoms. The van der Waals surface area contributed by atoms with Gasteiger partial charge in [-0.1, -0.05) is 5.16 Å². The van der Waals surface area contributed by atoms with Crippen molar-refractivity contribution < 1.29 is 14.1 Å². The van der Waals surface area contributed by atoms with E-state index in [2.05, 4.69) is 10.5 Å². The highest BCUT2D eigenvalue weighted by atomic mass is 16.5. The first-order chi connectivity index (χ1) is 8.74. The highest BCUT2D eigenvalue weighted by molar-refractivity contribution is 5.77. The number of rotatable bonds is 6. The lowest BCUT2D eigenvalue weighted by Gasteiger charge is -2.07. The summed E-state index contributed by atoms with van der Waals surface area (Å²) < 4.78 is 10.3. The number of ether oxygens (including phenoxy) is 1. The molecule has 1 aromatic heterocycles.